The van der Waals surface area contributed by atoms with Gasteiger partial charge in [0.2, 0.25) is 5.75 Å². The number of ether oxygens (including phenoxy) is 1. The third-order valence-corrected chi connectivity index (χ3v) is 5.15. The van der Waals surface area contributed by atoms with Gasteiger partial charge in [-0.1, -0.05) is 48.0 Å². The van der Waals surface area contributed by atoms with Crippen molar-refractivity contribution < 1.29 is 24.0 Å². The maximum atomic E-state index is 12.8. The summed E-state index contributed by atoms with van der Waals surface area (Å²) in [5.74, 6) is -2.15. The minimum absolute atomic E-state index is 0.135. The van der Waals surface area contributed by atoms with Gasteiger partial charge >= 0.3 is 5.69 Å². The molecule has 10 nitrogen and oxygen atoms in total. The first-order valence-corrected chi connectivity index (χ1v) is 10.6. The standard InChI is InChI=1S/C24H17ClN4O6/c25-19-12-15(11-18-23(31)27-28(24(18)32)17-9-5-2-6-10-17)13-20(29(33)34)22(19)35-14-21(30)26-16-7-3-1-4-8-16/h1-13H,14H2,(H,26,30)(H,27,31). The number of nitrogens with zero attached hydrogens (tertiary/aromatic N) is 2. The third kappa shape index (κ3) is 5.28. The highest BCUT2D eigenvalue weighted by Gasteiger charge is 2.34. The van der Waals surface area contributed by atoms with E-state index >= 15 is 0 Å². The molecule has 11 heteroatoms. The van der Waals surface area contributed by atoms with Crippen LogP contribution in [-0.4, -0.2) is 29.3 Å². The summed E-state index contributed by atoms with van der Waals surface area (Å²) in [6.45, 7) is -0.525. The van der Waals surface area contributed by atoms with Gasteiger partial charge in [0.1, 0.15) is 5.57 Å². The third-order valence-electron chi connectivity index (χ3n) is 4.87. The van der Waals surface area contributed by atoms with Gasteiger partial charge in [-0.05, 0) is 42.0 Å². The Morgan fingerprint density at radius 2 is 1.74 bits per heavy atom. The Balaban J connectivity index is 1.56. The van der Waals surface area contributed by atoms with Crippen molar-refractivity contribution in [3.63, 3.8) is 0 Å². The zero-order chi connectivity index (χ0) is 24.9. The number of rotatable bonds is 7. The molecule has 2 N–H and O–H groups in total. The number of hydrogen-bond acceptors (Lipinski definition) is 6. The first-order chi connectivity index (χ1) is 16.8. The molecule has 1 heterocycles. The maximum absolute atomic E-state index is 12.8. The number of anilines is 2. The van der Waals surface area contributed by atoms with Crippen LogP contribution in [0.15, 0.2) is 78.4 Å². The van der Waals surface area contributed by atoms with Crippen molar-refractivity contribution in [1.82, 2.24) is 5.43 Å². The molecule has 3 amide bonds. The van der Waals surface area contributed by atoms with Gasteiger partial charge in [0.05, 0.1) is 15.6 Å². The second-order valence-electron chi connectivity index (χ2n) is 7.29. The van der Waals surface area contributed by atoms with Gasteiger partial charge in [-0.15, -0.1) is 0 Å². The largest absolute Gasteiger partial charge is 0.476 e. The number of carbonyl (C=O) groups excluding carboxylic acids is 3. The molecule has 0 radical (unpaired) electrons. The average molecular weight is 493 g/mol. The summed E-state index contributed by atoms with van der Waals surface area (Å²) >= 11 is 6.22. The van der Waals surface area contributed by atoms with Gasteiger partial charge in [-0.2, -0.15) is 0 Å². The molecular weight excluding hydrogens is 476 g/mol. The fraction of sp³-hybridized carbons (Fsp3) is 0.0417. The molecule has 176 valence electrons. The van der Waals surface area contributed by atoms with Crippen LogP contribution in [0.3, 0.4) is 0 Å². The summed E-state index contributed by atoms with van der Waals surface area (Å²) in [5, 5.41) is 15.2. The summed E-state index contributed by atoms with van der Waals surface area (Å²) in [6, 6.07) is 19.5. The van der Waals surface area contributed by atoms with Gasteiger partial charge in [0.15, 0.2) is 6.61 Å². The molecule has 1 aliphatic rings. The Hall–Kier alpha value is -4.70. The predicted octanol–water partition coefficient (Wildman–Crippen LogP) is 3.73. The molecule has 1 aliphatic heterocycles. The van der Waals surface area contributed by atoms with Crippen molar-refractivity contribution in [2.45, 2.75) is 0 Å². The predicted molar refractivity (Wildman–Crippen MR) is 129 cm³/mol. The SMILES string of the molecule is O=C(COc1c(Cl)cc(C=C2C(=O)NN(c3ccccc3)C2=O)cc1[N+](=O)[O-])Nc1ccccc1. The van der Waals surface area contributed by atoms with E-state index in [1.54, 1.807) is 60.7 Å². The van der Waals surface area contributed by atoms with Crippen molar-refractivity contribution in [1.29, 1.82) is 0 Å². The van der Waals surface area contributed by atoms with Crippen molar-refractivity contribution in [2.75, 3.05) is 16.9 Å². The lowest BCUT2D eigenvalue weighted by atomic mass is 10.1. The van der Waals surface area contributed by atoms with E-state index in [4.69, 9.17) is 16.3 Å². The number of amides is 3. The molecule has 0 aromatic heterocycles. The van der Waals surface area contributed by atoms with Crippen LogP contribution < -0.4 is 20.5 Å². The fourth-order valence-corrected chi connectivity index (χ4v) is 3.58. The minimum atomic E-state index is -0.731. The Morgan fingerprint density at radius 3 is 2.40 bits per heavy atom. The molecular formula is C24H17ClN4O6. The van der Waals surface area contributed by atoms with E-state index in [1.165, 1.54) is 12.1 Å². The number of para-hydroxylation sites is 2. The molecule has 3 aromatic carbocycles. The van der Waals surface area contributed by atoms with E-state index in [0.29, 0.717) is 11.4 Å². The van der Waals surface area contributed by atoms with Gasteiger partial charge in [-0.3, -0.25) is 29.9 Å². The molecule has 4 rings (SSSR count). The van der Waals surface area contributed by atoms with E-state index < -0.39 is 34.9 Å². The number of nitro groups is 1. The van der Waals surface area contributed by atoms with Gasteiger partial charge in [-0.25, -0.2) is 5.01 Å². The molecule has 1 saturated heterocycles. The summed E-state index contributed by atoms with van der Waals surface area (Å²) in [4.78, 5) is 48.2. The summed E-state index contributed by atoms with van der Waals surface area (Å²) in [6.07, 6.45) is 1.20. The number of carbonyl (C=O) groups is 3. The van der Waals surface area contributed by atoms with E-state index in [-0.39, 0.29) is 21.9 Å². The Kier molecular flexibility index (Phi) is 6.74. The fourth-order valence-electron chi connectivity index (χ4n) is 3.30. The number of hydrazine groups is 1. The zero-order valence-electron chi connectivity index (χ0n) is 17.9. The summed E-state index contributed by atoms with van der Waals surface area (Å²) < 4.78 is 5.34. The average Bonchev–Trinajstić information content (AvgIpc) is 3.12. The molecule has 0 unspecified atom stereocenters. The molecule has 0 saturated carbocycles. The highest BCUT2D eigenvalue weighted by molar-refractivity contribution is 6.33. The number of nitro benzene ring substituents is 1. The number of hydrogen-bond donors (Lipinski definition) is 2. The number of nitrogens with one attached hydrogen (secondary N) is 2. The van der Waals surface area contributed by atoms with Crippen molar-refractivity contribution in [2.24, 2.45) is 0 Å². The summed E-state index contributed by atoms with van der Waals surface area (Å²) in [5.41, 5.74) is 2.82. The van der Waals surface area contributed by atoms with E-state index in [2.05, 4.69) is 10.7 Å². The molecule has 1 fully saturated rings. The van der Waals surface area contributed by atoms with E-state index in [9.17, 15) is 24.5 Å². The maximum Gasteiger partial charge on any atom is 0.313 e. The Bertz CT molecular complexity index is 1340. The molecule has 0 spiro atoms. The van der Waals surface area contributed by atoms with Crippen molar-refractivity contribution in [3.8, 4) is 5.75 Å². The monoisotopic (exact) mass is 492 g/mol. The topological polar surface area (TPSA) is 131 Å². The van der Waals surface area contributed by atoms with Crippen LogP contribution in [0.5, 0.6) is 5.75 Å². The van der Waals surface area contributed by atoms with E-state index in [1.807, 2.05) is 0 Å². The normalized spacial score (nSPS) is 14.1. The van der Waals surface area contributed by atoms with Crippen LogP contribution in [0.4, 0.5) is 17.1 Å². The van der Waals surface area contributed by atoms with Crippen LogP contribution in [-0.2, 0) is 14.4 Å². The zero-order valence-corrected chi connectivity index (χ0v) is 18.7. The van der Waals surface area contributed by atoms with E-state index in [0.717, 1.165) is 11.1 Å². The van der Waals surface area contributed by atoms with Crippen molar-refractivity contribution in [3.05, 3.63) is 99.1 Å². The van der Waals surface area contributed by atoms with Crippen LogP contribution in [0.2, 0.25) is 5.02 Å². The lowest BCUT2D eigenvalue weighted by Crippen LogP contribution is -2.35. The van der Waals surface area contributed by atoms with Crippen molar-refractivity contribution >= 4 is 52.5 Å². The highest BCUT2D eigenvalue weighted by atomic mass is 35.5. The quantitative estimate of drug-likeness (QED) is 0.224. The first kappa shape index (κ1) is 23.5. The van der Waals surface area contributed by atoms with Crippen LogP contribution in [0.1, 0.15) is 5.56 Å². The Labute approximate surface area is 203 Å². The Morgan fingerprint density at radius 1 is 1.09 bits per heavy atom. The number of halogens is 1. The molecule has 0 atom stereocenters. The first-order valence-electron chi connectivity index (χ1n) is 10.2. The molecule has 0 aliphatic carbocycles. The molecule has 3 aromatic rings. The number of benzene rings is 3. The smallest absolute Gasteiger partial charge is 0.313 e. The van der Waals surface area contributed by atoms with Crippen LogP contribution in [0.25, 0.3) is 6.08 Å². The van der Waals surface area contributed by atoms with Gasteiger partial charge < -0.3 is 10.1 Å². The molecule has 0 bridgehead atoms. The van der Waals surface area contributed by atoms with Gasteiger partial charge in [0, 0.05) is 11.8 Å². The van der Waals surface area contributed by atoms with Crippen LogP contribution >= 0.6 is 11.6 Å². The van der Waals surface area contributed by atoms with Crippen LogP contribution in [0, 0.1) is 10.1 Å². The second-order valence-corrected chi connectivity index (χ2v) is 7.69. The lowest BCUT2D eigenvalue weighted by molar-refractivity contribution is -0.385. The highest BCUT2D eigenvalue weighted by Crippen LogP contribution is 2.37. The minimum Gasteiger partial charge on any atom is -0.476 e. The molecule has 35 heavy (non-hydrogen) atoms. The summed E-state index contributed by atoms with van der Waals surface area (Å²) in [7, 11) is 0. The lowest BCUT2D eigenvalue weighted by Gasteiger charge is -2.13. The van der Waals surface area contributed by atoms with Gasteiger partial charge in [0.25, 0.3) is 17.7 Å². The second kappa shape index (κ2) is 10.1.